The van der Waals surface area contributed by atoms with Gasteiger partial charge in [0.25, 0.3) is 0 Å². The molecule has 0 spiro atoms. The van der Waals surface area contributed by atoms with E-state index in [0.717, 1.165) is 49.8 Å². The minimum Gasteiger partial charge on any atom is -0.456 e. The van der Waals surface area contributed by atoms with Crippen molar-refractivity contribution in [3.05, 3.63) is 224 Å². The van der Waals surface area contributed by atoms with Crippen LogP contribution >= 0.6 is 0 Å². The van der Waals surface area contributed by atoms with Crippen LogP contribution in [0, 0.1) is 0 Å². The number of aromatic nitrogens is 3. The fraction of sp³-hybridized carbons (Fsp3) is 0. The number of fused-ring (bicyclic) bond motifs is 6. The average molecular weight is 808 g/mol. The molecule has 0 amide bonds. The largest absolute Gasteiger partial charge is 0.456 e. The van der Waals surface area contributed by atoms with Crippen LogP contribution in [-0.2, 0) is 0 Å². The molecule has 0 radical (unpaired) electrons. The molecule has 0 saturated heterocycles. The Balaban J connectivity index is 1.11. The Morgan fingerprint density at radius 2 is 0.774 bits per heavy atom. The molecule has 290 valence electrons. The fourth-order valence-corrected chi connectivity index (χ4v) is 14.9. The Labute approximate surface area is 360 Å². The maximum absolute atomic E-state index is 6.56. The summed E-state index contributed by atoms with van der Waals surface area (Å²) < 4.78 is 6.56. The van der Waals surface area contributed by atoms with Gasteiger partial charge >= 0.3 is 0 Å². The lowest BCUT2D eigenvalue weighted by molar-refractivity contribution is 0.669. The first-order valence-electron chi connectivity index (χ1n) is 21.0. The van der Waals surface area contributed by atoms with Crippen LogP contribution in [-0.4, -0.2) is 23.0 Å². The van der Waals surface area contributed by atoms with Gasteiger partial charge in [-0.05, 0) is 72.3 Å². The summed E-state index contributed by atoms with van der Waals surface area (Å²) in [6.45, 7) is 0. The van der Waals surface area contributed by atoms with E-state index in [1.807, 2.05) is 36.4 Å². The zero-order chi connectivity index (χ0) is 41.0. The summed E-state index contributed by atoms with van der Waals surface area (Å²) in [7, 11) is -2.88. The standard InChI is InChI=1S/C57H37N3OSi/c1-6-18-38(19-7-1)41-30-32-46-47-33-31-42(37-53(47)62(52(46)36-41,44-24-12-4-13-25-44)45-26-14-5-15-27-45)56-58-55(40-22-10-3-11-23-40)59-57(60-56)43-34-49(39-20-8-2-9-21-39)54-48-28-16-17-29-50(48)61-51(54)35-43/h1-37H. The first kappa shape index (κ1) is 35.9. The second-order valence-electron chi connectivity index (χ2n) is 15.9. The van der Waals surface area contributed by atoms with Crippen molar-refractivity contribution in [2.45, 2.75) is 0 Å². The van der Waals surface area contributed by atoms with Crippen molar-refractivity contribution in [3.63, 3.8) is 0 Å². The van der Waals surface area contributed by atoms with Crippen molar-refractivity contribution in [2.24, 2.45) is 0 Å². The van der Waals surface area contributed by atoms with Gasteiger partial charge in [0.05, 0.1) is 0 Å². The third-order valence-corrected chi connectivity index (χ3v) is 17.2. The fourth-order valence-electron chi connectivity index (χ4n) is 9.62. The highest BCUT2D eigenvalue weighted by molar-refractivity contribution is 7.22. The van der Waals surface area contributed by atoms with Gasteiger partial charge in [-0.3, -0.25) is 0 Å². The normalized spacial score (nSPS) is 12.6. The van der Waals surface area contributed by atoms with Gasteiger partial charge in [0.15, 0.2) is 25.5 Å². The number of para-hydroxylation sites is 1. The van der Waals surface area contributed by atoms with E-state index in [1.54, 1.807) is 0 Å². The Bertz CT molecular complexity index is 3410. The second kappa shape index (κ2) is 14.6. The number of rotatable bonds is 7. The predicted molar refractivity (Wildman–Crippen MR) is 257 cm³/mol. The molecule has 0 unspecified atom stereocenters. The molecule has 11 aromatic rings. The van der Waals surface area contributed by atoms with Gasteiger partial charge in [-0.2, -0.15) is 0 Å². The van der Waals surface area contributed by atoms with E-state index in [0.29, 0.717) is 17.5 Å². The molecule has 0 atom stereocenters. The predicted octanol–water partition coefficient (Wildman–Crippen LogP) is 11.5. The van der Waals surface area contributed by atoms with E-state index in [9.17, 15) is 0 Å². The van der Waals surface area contributed by atoms with E-state index in [2.05, 4.69) is 188 Å². The second-order valence-corrected chi connectivity index (χ2v) is 19.6. The smallest absolute Gasteiger partial charge is 0.180 e. The summed E-state index contributed by atoms with van der Waals surface area (Å²) in [5, 5.41) is 7.53. The van der Waals surface area contributed by atoms with Crippen LogP contribution in [0.4, 0.5) is 0 Å². The van der Waals surface area contributed by atoms with Crippen LogP contribution in [0.2, 0.25) is 0 Å². The van der Waals surface area contributed by atoms with Crippen molar-refractivity contribution >= 4 is 50.8 Å². The van der Waals surface area contributed by atoms with Crippen molar-refractivity contribution in [1.29, 1.82) is 0 Å². The molecule has 12 rings (SSSR count). The Morgan fingerprint density at radius 3 is 1.39 bits per heavy atom. The van der Waals surface area contributed by atoms with Crippen molar-refractivity contribution in [3.8, 4) is 67.5 Å². The number of hydrogen-bond donors (Lipinski definition) is 0. The van der Waals surface area contributed by atoms with Gasteiger partial charge < -0.3 is 4.42 Å². The lowest BCUT2D eigenvalue weighted by atomic mass is 9.97. The minimum absolute atomic E-state index is 0.583. The molecule has 1 aliphatic rings. The molecule has 3 heterocycles. The van der Waals surface area contributed by atoms with E-state index < -0.39 is 8.07 Å². The summed E-state index contributed by atoms with van der Waals surface area (Å²) >= 11 is 0. The number of hydrogen-bond acceptors (Lipinski definition) is 4. The quantitative estimate of drug-likeness (QED) is 0.151. The highest BCUT2D eigenvalue weighted by Gasteiger charge is 2.49. The number of benzene rings is 9. The van der Waals surface area contributed by atoms with Gasteiger partial charge in [0.1, 0.15) is 11.2 Å². The summed E-state index contributed by atoms with van der Waals surface area (Å²) in [4.78, 5) is 15.8. The molecule has 1 aliphatic heterocycles. The van der Waals surface area contributed by atoms with Crippen molar-refractivity contribution < 1.29 is 4.42 Å². The van der Waals surface area contributed by atoms with Crippen LogP contribution < -0.4 is 20.7 Å². The van der Waals surface area contributed by atoms with E-state index in [1.165, 1.54) is 43.0 Å². The number of furan rings is 1. The van der Waals surface area contributed by atoms with Crippen molar-refractivity contribution in [2.75, 3.05) is 0 Å². The van der Waals surface area contributed by atoms with Gasteiger partial charge in [-0.1, -0.05) is 206 Å². The number of nitrogens with zero attached hydrogens (tertiary/aromatic N) is 3. The highest BCUT2D eigenvalue weighted by atomic mass is 28.3. The molecule has 62 heavy (non-hydrogen) atoms. The lowest BCUT2D eigenvalue weighted by Gasteiger charge is -2.31. The lowest BCUT2D eigenvalue weighted by Crippen LogP contribution is -2.72. The Hall–Kier alpha value is -7.99. The maximum atomic E-state index is 6.56. The molecule has 4 nitrogen and oxygen atoms in total. The SMILES string of the molecule is c1ccc(-c2ccc3c(c2)[Si](c2ccccc2)(c2ccccc2)c2cc(-c4nc(-c5ccccc5)nc(-c5cc(-c6ccccc6)c6c(c5)oc5ccccc56)n4)ccc2-3)cc1. The monoisotopic (exact) mass is 807 g/mol. The molecule has 9 aromatic carbocycles. The van der Waals surface area contributed by atoms with E-state index in [4.69, 9.17) is 19.4 Å². The highest BCUT2D eigenvalue weighted by Crippen LogP contribution is 2.40. The first-order valence-corrected chi connectivity index (χ1v) is 23.0. The summed E-state index contributed by atoms with van der Waals surface area (Å²) in [5.74, 6) is 1.81. The third kappa shape index (κ3) is 5.78. The molecule has 0 fully saturated rings. The van der Waals surface area contributed by atoms with Gasteiger partial charge in [-0.15, -0.1) is 0 Å². The molecular weight excluding hydrogens is 771 g/mol. The molecule has 0 N–H and O–H groups in total. The topological polar surface area (TPSA) is 51.8 Å². The van der Waals surface area contributed by atoms with Gasteiger partial charge in [0, 0.05) is 27.5 Å². The zero-order valence-electron chi connectivity index (χ0n) is 33.6. The summed E-state index contributed by atoms with van der Waals surface area (Å²) in [6.07, 6.45) is 0. The Kier molecular flexibility index (Phi) is 8.47. The maximum Gasteiger partial charge on any atom is 0.180 e. The van der Waals surface area contributed by atoms with Crippen molar-refractivity contribution in [1.82, 2.24) is 15.0 Å². The van der Waals surface area contributed by atoms with Crippen LogP contribution in [0.1, 0.15) is 0 Å². The van der Waals surface area contributed by atoms with Crippen LogP contribution in [0.3, 0.4) is 0 Å². The van der Waals surface area contributed by atoms with Crippen LogP contribution in [0.5, 0.6) is 0 Å². The Morgan fingerprint density at radius 1 is 0.306 bits per heavy atom. The molecule has 0 saturated carbocycles. The molecule has 0 bridgehead atoms. The van der Waals surface area contributed by atoms with Gasteiger partial charge in [0.2, 0.25) is 0 Å². The molecule has 0 aliphatic carbocycles. The third-order valence-electron chi connectivity index (χ3n) is 12.4. The van der Waals surface area contributed by atoms with E-state index >= 15 is 0 Å². The first-order chi connectivity index (χ1) is 30.7. The zero-order valence-corrected chi connectivity index (χ0v) is 34.6. The van der Waals surface area contributed by atoms with Gasteiger partial charge in [-0.25, -0.2) is 15.0 Å². The minimum atomic E-state index is -2.88. The van der Waals surface area contributed by atoms with Crippen LogP contribution in [0.15, 0.2) is 229 Å². The summed E-state index contributed by atoms with van der Waals surface area (Å²) in [5.41, 5.74) is 11.5. The molecule has 2 aromatic heterocycles. The van der Waals surface area contributed by atoms with E-state index in [-0.39, 0.29) is 0 Å². The molecule has 5 heteroatoms. The summed E-state index contributed by atoms with van der Waals surface area (Å²) in [6, 6.07) is 80.2. The molecular formula is C57H37N3OSi. The van der Waals surface area contributed by atoms with Crippen LogP contribution in [0.25, 0.3) is 89.5 Å². The average Bonchev–Trinajstić information content (AvgIpc) is 3.88.